The standard InChI is InChI=1S/C18H13ClO6/c1-22-17-8(19)2-3-9-14(17)16(21)13-11(24-9)6-10-12(15(13)20)7-4-5-23-18(7)25-10/h2-3,6-7,18,20H,4-5H2,1H3/t7?,18-/m0/s1. The van der Waals surface area contributed by atoms with Crippen LogP contribution in [0.15, 0.2) is 27.4 Å². The molecule has 2 atom stereocenters. The lowest BCUT2D eigenvalue weighted by Crippen LogP contribution is -2.13. The highest BCUT2D eigenvalue weighted by atomic mass is 35.5. The topological polar surface area (TPSA) is 78.1 Å². The van der Waals surface area contributed by atoms with E-state index in [-0.39, 0.29) is 33.8 Å². The molecule has 2 aliphatic heterocycles. The summed E-state index contributed by atoms with van der Waals surface area (Å²) in [6, 6.07) is 4.83. The van der Waals surface area contributed by atoms with E-state index in [0.717, 1.165) is 6.42 Å². The minimum Gasteiger partial charge on any atom is -0.507 e. The SMILES string of the molecule is COc1c(Cl)ccc2oc3cc4c(c(O)c3c(=O)c12)C1CCO[C@H]1O4. The Hall–Kier alpha value is -2.44. The molecule has 0 bridgehead atoms. The Labute approximate surface area is 146 Å². The quantitative estimate of drug-likeness (QED) is 0.669. The number of hydrogen-bond acceptors (Lipinski definition) is 6. The van der Waals surface area contributed by atoms with E-state index in [1.54, 1.807) is 18.2 Å². The predicted octanol–water partition coefficient (Wildman–Crippen LogP) is 3.54. The van der Waals surface area contributed by atoms with Crippen LogP contribution >= 0.6 is 11.6 Å². The van der Waals surface area contributed by atoms with Gasteiger partial charge in [0, 0.05) is 11.6 Å². The van der Waals surface area contributed by atoms with E-state index >= 15 is 0 Å². The molecule has 2 aromatic carbocycles. The zero-order valence-corrected chi connectivity index (χ0v) is 13.9. The summed E-state index contributed by atoms with van der Waals surface area (Å²) in [7, 11) is 1.43. The fourth-order valence-electron chi connectivity index (χ4n) is 3.76. The van der Waals surface area contributed by atoms with Crippen LogP contribution in [0.3, 0.4) is 0 Å². The van der Waals surface area contributed by atoms with Gasteiger partial charge in [-0.1, -0.05) is 11.6 Å². The number of aromatic hydroxyl groups is 1. The highest BCUT2D eigenvalue weighted by Crippen LogP contribution is 2.50. The van der Waals surface area contributed by atoms with Gasteiger partial charge in [-0.05, 0) is 18.6 Å². The summed E-state index contributed by atoms with van der Waals surface area (Å²) in [4.78, 5) is 13.1. The number of rotatable bonds is 1. The Morgan fingerprint density at radius 1 is 1.28 bits per heavy atom. The van der Waals surface area contributed by atoms with Crippen LogP contribution in [-0.4, -0.2) is 25.1 Å². The van der Waals surface area contributed by atoms with Gasteiger partial charge in [0.15, 0.2) is 5.75 Å². The summed E-state index contributed by atoms with van der Waals surface area (Å²) in [6.07, 6.45) is 0.302. The Morgan fingerprint density at radius 3 is 2.92 bits per heavy atom. The lowest BCUT2D eigenvalue weighted by molar-refractivity contribution is -0.0337. The van der Waals surface area contributed by atoms with E-state index in [0.29, 0.717) is 28.5 Å². The second kappa shape index (κ2) is 5.03. The van der Waals surface area contributed by atoms with Crippen molar-refractivity contribution in [2.24, 2.45) is 0 Å². The lowest BCUT2D eigenvalue weighted by Gasteiger charge is -2.11. The molecule has 3 heterocycles. The third-order valence-electron chi connectivity index (χ3n) is 4.87. The van der Waals surface area contributed by atoms with Gasteiger partial charge in [0.05, 0.1) is 24.7 Å². The summed E-state index contributed by atoms with van der Waals surface area (Å²) in [5, 5.41) is 11.4. The van der Waals surface area contributed by atoms with E-state index in [1.807, 2.05) is 0 Å². The maximum Gasteiger partial charge on any atom is 0.208 e. The summed E-state index contributed by atoms with van der Waals surface area (Å²) in [5.41, 5.74) is 0.784. The minimum atomic E-state index is -0.425. The molecule has 0 spiro atoms. The van der Waals surface area contributed by atoms with Crippen LogP contribution in [0.4, 0.5) is 0 Å². The summed E-state index contributed by atoms with van der Waals surface area (Å²) < 4.78 is 22.4. The van der Waals surface area contributed by atoms with Gasteiger partial charge in [-0.15, -0.1) is 0 Å². The molecule has 6 nitrogen and oxygen atoms in total. The molecule has 0 amide bonds. The molecule has 1 N–H and O–H groups in total. The zero-order valence-electron chi connectivity index (χ0n) is 13.2. The number of ether oxygens (including phenoxy) is 3. The summed E-state index contributed by atoms with van der Waals surface area (Å²) >= 11 is 6.13. The first-order valence-electron chi connectivity index (χ1n) is 7.87. The zero-order chi connectivity index (χ0) is 17.3. The van der Waals surface area contributed by atoms with Crippen molar-refractivity contribution in [3.8, 4) is 17.2 Å². The second-order valence-corrected chi connectivity index (χ2v) is 6.55. The number of benzene rings is 2. The number of halogens is 1. The lowest BCUT2D eigenvalue weighted by atomic mass is 9.95. The van der Waals surface area contributed by atoms with Crippen LogP contribution < -0.4 is 14.9 Å². The number of phenolic OH excluding ortho intramolecular Hbond substituents is 1. The monoisotopic (exact) mass is 360 g/mol. The van der Waals surface area contributed by atoms with E-state index in [2.05, 4.69) is 0 Å². The first kappa shape index (κ1) is 14.9. The van der Waals surface area contributed by atoms with Crippen LogP contribution in [0.2, 0.25) is 5.02 Å². The van der Waals surface area contributed by atoms with Crippen molar-refractivity contribution in [2.75, 3.05) is 13.7 Å². The fourth-order valence-corrected chi connectivity index (χ4v) is 3.99. The van der Waals surface area contributed by atoms with Gasteiger partial charge < -0.3 is 23.7 Å². The Balaban J connectivity index is 1.92. The molecular weight excluding hydrogens is 348 g/mol. The second-order valence-electron chi connectivity index (χ2n) is 6.15. The largest absolute Gasteiger partial charge is 0.507 e. The van der Waals surface area contributed by atoms with Crippen LogP contribution in [0, 0.1) is 0 Å². The van der Waals surface area contributed by atoms with E-state index < -0.39 is 11.7 Å². The summed E-state index contributed by atoms with van der Waals surface area (Å²) in [6.45, 7) is 0.558. The van der Waals surface area contributed by atoms with Crippen LogP contribution in [-0.2, 0) is 4.74 Å². The van der Waals surface area contributed by atoms with Crippen LogP contribution in [0.5, 0.6) is 17.2 Å². The maximum atomic E-state index is 13.1. The fraction of sp³-hybridized carbons (Fsp3) is 0.278. The average Bonchev–Trinajstić information content (AvgIpc) is 3.15. The smallest absolute Gasteiger partial charge is 0.208 e. The van der Waals surface area contributed by atoms with Gasteiger partial charge in [-0.25, -0.2) is 0 Å². The average molecular weight is 361 g/mol. The maximum absolute atomic E-state index is 13.1. The predicted molar refractivity (Wildman–Crippen MR) is 90.9 cm³/mol. The summed E-state index contributed by atoms with van der Waals surface area (Å²) in [5.74, 6) is 0.509. The van der Waals surface area contributed by atoms with Crippen molar-refractivity contribution in [3.63, 3.8) is 0 Å². The molecule has 1 aromatic heterocycles. The van der Waals surface area contributed by atoms with Gasteiger partial charge in [0.2, 0.25) is 11.7 Å². The highest BCUT2D eigenvalue weighted by Gasteiger charge is 2.42. The molecule has 0 aliphatic carbocycles. The van der Waals surface area contributed by atoms with Crippen molar-refractivity contribution in [1.29, 1.82) is 0 Å². The molecule has 2 aliphatic rings. The van der Waals surface area contributed by atoms with Crippen molar-refractivity contribution >= 4 is 33.5 Å². The molecule has 25 heavy (non-hydrogen) atoms. The number of phenols is 1. The molecule has 7 heteroatoms. The molecule has 5 rings (SSSR count). The number of fused-ring (bicyclic) bond motifs is 5. The van der Waals surface area contributed by atoms with E-state index in [4.69, 9.17) is 30.2 Å². The first-order valence-corrected chi connectivity index (χ1v) is 8.25. The van der Waals surface area contributed by atoms with Crippen LogP contribution in [0.1, 0.15) is 17.9 Å². The van der Waals surface area contributed by atoms with Crippen molar-refractivity contribution in [3.05, 3.63) is 39.0 Å². The minimum absolute atomic E-state index is 0.0873. The number of hydrogen-bond donors (Lipinski definition) is 1. The van der Waals surface area contributed by atoms with Crippen molar-refractivity contribution in [2.45, 2.75) is 18.6 Å². The van der Waals surface area contributed by atoms with Crippen LogP contribution in [0.25, 0.3) is 21.9 Å². The molecule has 0 saturated carbocycles. The van der Waals surface area contributed by atoms with Crippen molar-refractivity contribution < 1.29 is 23.7 Å². The Kier molecular flexibility index (Phi) is 2.99. The Morgan fingerprint density at radius 2 is 2.12 bits per heavy atom. The Bertz CT molecular complexity index is 1100. The molecular formula is C18H13ClO6. The van der Waals surface area contributed by atoms with Gasteiger partial charge in [-0.2, -0.15) is 0 Å². The van der Waals surface area contributed by atoms with Crippen molar-refractivity contribution in [1.82, 2.24) is 0 Å². The molecule has 1 unspecified atom stereocenters. The molecule has 1 saturated heterocycles. The van der Waals surface area contributed by atoms with Gasteiger partial charge in [-0.3, -0.25) is 4.79 Å². The van der Waals surface area contributed by atoms with Gasteiger partial charge >= 0.3 is 0 Å². The third kappa shape index (κ3) is 1.86. The molecule has 1 fully saturated rings. The van der Waals surface area contributed by atoms with Gasteiger partial charge in [0.25, 0.3) is 0 Å². The third-order valence-corrected chi connectivity index (χ3v) is 5.17. The van der Waals surface area contributed by atoms with Gasteiger partial charge in [0.1, 0.15) is 33.4 Å². The molecule has 128 valence electrons. The molecule has 3 aromatic rings. The number of methoxy groups -OCH3 is 1. The highest BCUT2D eigenvalue weighted by molar-refractivity contribution is 6.33. The van der Waals surface area contributed by atoms with E-state index in [9.17, 15) is 9.90 Å². The normalized spacial score (nSPS) is 21.4. The van der Waals surface area contributed by atoms with E-state index in [1.165, 1.54) is 7.11 Å². The first-order chi connectivity index (χ1) is 12.1. The molecule has 0 radical (unpaired) electrons.